The fourth-order valence-electron chi connectivity index (χ4n) is 2.83. The van der Waals surface area contributed by atoms with Gasteiger partial charge in [0.15, 0.2) is 0 Å². The maximum absolute atomic E-state index is 12.7. The Balaban J connectivity index is 2.04. The van der Waals surface area contributed by atoms with Gasteiger partial charge in [-0.15, -0.1) is 0 Å². The first-order valence-corrected chi connectivity index (χ1v) is 7.89. The molecule has 1 fully saturated rings. The summed E-state index contributed by atoms with van der Waals surface area (Å²) >= 11 is 0. The molecule has 0 saturated carbocycles. The monoisotopic (exact) mass is 330 g/mol. The Labute approximate surface area is 141 Å². The van der Waals surface area contributed by atoms with Gasteiger partial charge < -0.3 is 15.0 Å². The van der Waals surface area contributed by atoms with Gasteiger partial charge in [-0.1, -0.05) is 24.3 Å². The second-order valence-electron chi connectivity index (χ2n) is 5.84. The van der Waals surface area contributed by atoms with Crippen LogP contribution < -0.4 is 5.32 Å². The van der Waals surface area contributed by atoms with Crippen molar-refractivity contribution in [2.45, 2.75) is 25.3 Å². The van der Waals surface area contributed by atoms with Crippen LogP contribution in [0.3, 0.4) is 0 Å². The van der Waals surface area contributed by atoms with Gasteiger partial charge in [0.05, 0.1) is 7.11 Å². The number of hydrogen-bond donors (Lipinski definition) is 1. The quantitative estimate of drug-likeness (QED) is 0.656. The lowest BCUT2D eigenvalue weighted by atomic mass is 9.97. The van der Waals surface area contributed by atoms with Crippen molar-refractivity contribution in [2.24, 2.45) is 0 Å². The number of amides is 2. The number of likely N-dealkylation sites (tertiary alicyclic amines) is 1. The van der Waals surface area contributed by atoms with E-state index >= 15 is 0 Å². The van der Waals surface area contributed by atoms with Crippen molar-refractivity contribution >= 4 is 17.8 Å². The van der Waals surface area contributed by atoms with Gasteiger partial charge in [0.1, 0.15) is 5.54 Å². The normalized spacial score (nSPS) is 20.2. The molecule has 0 aromatic heterocycles. The molecule has 1 aliphatic rings. The molecule has 1 unspecified atom stereocenters. The third-order valence-electron chi connectivity index (χ3n) is 4.23. The molecule has 1 heterocycles. The second kappa shape index (κ2) is 7.77. The Morgan fingerprint density at radius 2 is 2.00 bits per heavy atom. The maximum atomic E-state index is 12.7. The molecule has 6 nitrogen and oxygen atoms in total. The molecule has 0 aliphatic carbocycles. The molecule has 0 radical (unpaired) electrons. The number of ether oxygens (including phenoxy) is 1. The highest BCUT2D eigenvalue weighted by atomic mass is 16.5. The van der Waals surface area contributed by atoms with Gasteiger partial charge in [-0.05, 0) is 31.9 Å². The van der Waals surface area contributed by atoms with Crippen molar-refractivity contribution < 1.29 is 19.1 Å². The number of hydrogen-bond acceptors (Lipinski definition) is 4. The van der Waals surface area contributed by atoms with Crippen LogP contribution in [0.25, 0.3) is 0 Å². The number of nitrogens with one attached hydrogen (secondary N) is 1. The molecule has 0 spiro atoms. The number of carbonyl (C=O) groups is 3. The first kappa shape index (κ1) is 17.7. The first-order chi connectivity index (χ1) is 11.5. The number of methoxy groups -OCH3 is 1. The van der Waals surface area contributed by atoms with E-state index in [2.05, 4.69) is 10.1 Å². The van der Waals surface area contributed by atoms with Gasteiger partial charge in [0.2, 0.25) is 5.91 Å². The molecule has 1 aromatic rings. The zero-order valence-corrected chi connectivity index (χ0v) is 14.0. The van der Waals surface area contributed by atoms with Gasteiger partial charge in [-0.3, -0.25) is 9.59 Å². The minimum absolute atomic E-state index is 0.143. The molecule has 1 N–H and O–H groups in total. The molecule has 1 atom stereocenters. The van der Waals surface area contributed by atoms with Gasteiger partial charge in [0.25, 0.3) is 5.91 Å². The van der Waals surface area contributed by atoms with Crippen LogP contribution in [0.1, 0.15) is 30.1 Å². The molecule has 2 amide bonds. The van der Waals surface area contributed by atoms with E-state index < -0.39 is 11.5 Å². The van der Waals surface area contributed by atoms with Crippen molar-refractivity contribution in [1.29, 1.82) is 0 Å². The summed E-state index contributed by atoms with van der Waals surface area (Å²) in [5.41, 5.74) is -0.310. The Morgan fingerprint density at radius 3 is 2.67 bits per heavy atom. The van der Waals surface area contributed by atoms with Crippen LogP contribution >= 0.6 is 0 Å². The van der Waals surface area contributed by atoms with Crippen molar-refractivity contribution in [1.82, 2.24) is 10.2 Å². The molecule has 1 aliphatic heterocycles. The first-order valence-electron chi connectivity index (χ1n) is 7.89. The summed E-state index contributed by atoms with van der Waals surface area (Å²) in [6.07, 6.45) is 4.16. The molecule has 6 heteroatoms. The molecule has 1 aromatic carbocycles. The van der Waals surface area contributed by atoms with E-state index in [1.165, 1.54) is 19.3 Å². The zero-order valence-electron chi connectivity index (χ0n) is 14.0. The van der Waals surface area contributed by atoms with E-state index in [0.29, 0.717) is 18.5 Å². The molecule has 2 rings (SSSR count). The van der Waals surface area contributed by atoms with Crippen LogP contribution in [0.5, 0.6) is 0 Å². The van der Waals surface area contributed by atoms with Gasteiger partial charge in [0, 0.05) is 24.7 Å². The Hall–Kier alpha value is -2.63. The Kier molecular flexibility index (Phi) is 5.73. The lowest BCUT2D eigenvalue weighted by Crippen LogP contribution is -2.55. The van der Waals surface area contributed by atoms with Crippen LogP contribution in [0.2, 0.25) is 0 Å². The van der Waals surface area contributed by atoms with Crippen LogP contribution in [0, 0.1) is 0 Å². The summed E-state index contributed by atoms with van der Waals surface area (Å²) in [6, 6.07) is 8.95. The van der Waals surface area contributed by atoms with E-state index in [1.54, 1.807) is 36.1 Å². The SMILES string of the molecule is COC(=O)/C=C/CNC(=O)C1(C)CCCN1C(=O)c1ccccc1. The zero-order chi connectivity index (χ0) is 17.6. The largest absolute Gasteiger partial charge is 0.466 e. The Bertz CT molecular complexity index is 642. The molecular formula is C18H22N2O4. The van der Waals surface area contributed by atoms with Crippen molar-refractivity contribution in [3.8, 4) is 0 Å². The van der Waals surface area contributed by atoms with Crippen molar-refractivity contribution in [3.05, 3.63) is 48.0 Å². The average molecular weight is 330 g/mol. The van der Waals surface area contributed by atoms with Crippen LogP contribution in [-0.2, 0) is 14.3 Å². The third-order valence-corrected chi connectivity index (χ3v) is 4.23. The molecule has 24 heavy (non-hydrogen) atoms. The number of esters is 1. The average Bonchev–Trinajstić information content (AvgIpc) is 3.01. The highest BCUT2D eigenvalue weighted by Crippen LogP contribution is 2.30. The smallest absolute Gasteiger partial charge is 0.330 e. The van der Waals surface area contributed by atoms with Crippen molar-refractivity contribution in [2.75, 3.05) is 20.2 Å². The fraction of sp³-hybridized carbons (Fsp3) is 0.389. The predicted octanol–water partition coefficient (Wildman–Crippen LogP) is 1.53. The highest BCUT2D eigenvalue weighted by molar-refractivity contribution is 5.99. The van der Waals surface area contributed by atoms with E-state index in [0.717, 1.165) is 6.42 Å². The van der Waals surface area contributed by atoms with Crippen LogP contribution in [0.4, 0.5) is 0 Å². The summed E-state index contributed by atoms with van der Waals surface area (Å²) in [5.74, 6) is -0.841. The summed E-state index contributed by atoms with van der Waals surface area (Å²) < 4.78 is 4.48. The van der Waals surface area contributed by atoms with E-state index in [1.807, 2.05) is 6.07 Å². The molecule has 1 saturated heterocycles. The lowest BCUT2D eigenvalue weighted by molar-refractivity contribution is -0.135. The van der Waals surface area contributed by atoms with E-state index in [4.69, 9.17) is 0 Å². The van der Waals surface area contributed by atoms with Gasteiger partial charge in [-0.25, -0.2) is 4.79 Å². The van der Waals surface area contributed by atoms with Gasteiger partial charge >= 0.3 is 5.97 Å². The number of nitrogens with zero attached hydrogens (tertiary/aromatic N) is 1. The van der Waals surface area contributed by atoms with E-state index in [9.17, 15) is 14.4 Å². The molecule has 128 valence electrons. The Morgan fingerprint density at radius 1 is 1.29 bits per heavy atom. The number of rotatable bonds is 5. The lowest BCUT2D eigenvalue weighted by Gasteiger charge is -2.33. The third kappa shape index (κ3) is 3.82. The summed E-state index contributed by atoms with van der Waals surface area (Å²) in [4.78, 5) is 37.9. The summed E-state index contributed by atoms with van der Waals surface area (Å²) in [6.45, 7) is 2.53. The standard InChI is InChI=1S/C18H22N2O4/c1-18(17(23)19-12-6-10-15(21)24-2)11-7-13-20(18)16(22)14-8-4-3-5-9-14/h3-6,8-10H,7,11-13H2,1-2H3,(H,19,23)/b10-6+. The predicted molar refractivity (Wildman–Crippen MR) is 89.3 cm³/mol. The number of carbonyl (C=O) groups excluding carboxylic acids is 3. The maximum Gasteiger partial charge on any atom is 0.330 e. The topological polar surface area (TPSA) is 75.7 Å². The van der Waals surface area contributed by atoms with Crippen LogP contribution in [0.15, 0.2) is 42.5 Å². The number of benzene rings is 1. The van der Waals surface area contributed by atoms with Crippen LogP contribution in [-0.4, -0.2) is 48.4 Å². The fourth-order valence-corrected chi connectivity index (χ4v) is 2.83. The molecule has 0 bridgehead atoms. The second-order valence-corrected chi connectivity index (χ2v) is 5.84. The summed E-state index contributed by atoms with van der Waals surface area (Å²) in [5, 5.41) is 2.75. The highest BCUT2D eigenvalue weighted by Gasteiger charge is 2.45. The minimum Gasteiger partial charge on any atom is -0.466 e. The van der Waals surface area contributed by atoms with E-state index in [-0.39, 0.29) is 18.4 Å². The minimum atomic E-state index is -0.883. The van der Waals surface area contributed by atoms with Crippen molar-refractivity contribution in [3.63, 3.8) is 0 Å². The summed E-state index contributed by atoms with van der Waals surface area (Å²) in [7, 11) is 1.29. The van der Waals surface area contributed by atoms with Gasteiger partial charge in [-0.2, -0.15) is 0 Å². The molecular weight excluding hydrogens is 308 g/mol.